The molecule has 2 aliphatic rings. The van der Waals surface area contributed by atoms with Gasteiger partial charge in [0.1, 0.15) is 5.82 Å². The fraction of sp³-hybridized carbons (Fsp3) is 0.600. The molecule has 1 N–H and O–H groups in total. The van der Waals surface area contributed by atoms with E-state index in [0.29, 0.717) is 16.9 Å². The number of aromatic nitrogens is 1. The van der Waals surface area contributed by atoms with Crippen LogP contribution < -0.4 is 10.2 Å². The van der Waals surface area contributed by atoms with Crippen molar-refractivity contribution in [3.05, 3.63) is 23.9 Å². The van der Waals surface area contributed by atoms with Crippen LogP contribution >= 0.6 is 0 Å². The van der Waals surface area contributed by atoms with Crippen LogP contribution in [0.4, 0.5) is 5.82 Å². The first-order valence-corrected chi connectivity index (χ1v) is 7.14. The van der Waals surface area contributed by atoms with E-state index in [1.165, 1.54) is 0 Å². The molecule has 2 fully saturated rings. The van der Waals surface area contributed by atoms with Gasteiger partial charge in [0.15, 0.2) is 0 Å². The molecule has 0 unspecified atom stereocenters. The van der Waals surface area contributed by atoms with Crippen molar-refractivity contribution in [2.45, 2.75) is 6.92 Å². The van der Waals surface area contributed by atoms with Gasteiger partial charge in [-0.3, -0.25) is 4.79 Å². The van der Waals surface area contributed by atoms with Gasteiger partial charge in [-0.05, 0) is 25.1 Å². The molecule has 0 bridgehead atoms. The van der Waals surface area contributed by atoms with Crippen LogP contribution in [0.3, 0.4) is 0 Å². The molecular weight excluding hydrogens is 252 g/mol. The Balaban J connectivity index is 1.88. The molecule has 0 saturated carbocycles. The standard InChI is InChI=1S/C15H22N4O/c1-15-9-18(3)7-11(15)8-19(10-15)13-12(14(20)16-2)5-4-6-17-13/h4-6,11H,7-10H2,1-3H3,(H,16,20)/t11-,15+/m0/s1. The number of nitrogens with zero attached hydrogens (tertiary/aromatic N) is 3. The molecule has 3 heterocycles. The van der Waals surface area contributed by atoms with E-state index in [4.69, 9.17) is 0 Å². The van der Waals surface area contributed by atoms with Gasteiger partial charge in [-0.25, -0.2) is 4.98 Å². The highest BCUT2D eigenvalue weighted by Gasteiger charge is 2.48. The second-order valence-corrected chi connectivity index (χ2v) is 6.38. The lowest BCUT2D eigenvalue weighted by atomic mass is 9.83. The summed E-state index contributed by atoms with van der Waals surface area (Å²) in [6.45, 7) is 6.57. The van der Waals surface area contributed by atoms with Crippen LogP contribution in [0.25, 0.3) is 0 Å². The number of fused-ring (bicyclic) bond motifs is 1. The Kier molecular flexibility index (Phi) is 3.17. The zero-order valence-electron chi connectivity index (χ0n) is 12.4. The van der Waals surface area contributed by atoms with E-state index in [1.807, 2.05) is 12.1 Å². The number of likely N-dealkylation sites (tertiary alicyclic amines) is 1. The highest BCUT2D eigenvalue weighted by atomic mass is 16.1. The maximum Gasteiger partial charge on any atom is 0.254 e. The molecule has 108 valence electrons. The van der Waals surface area contributed by atoms with Crippen LogP contribution in [-0.4, -0.2) is 56.1 Å². The number of hydrogen-bond acceptors (Lipinski definition) is 4. The van der Waals surface area contributed by atoms with Crippen molar-refractivity contribution in [2.24, 2.45) is 11.3 Å². The van der Waals surface area contributed by atoms with E-state index in [2.05, 4.69) is 34.1 Å². The smallest absolute Gasteiger partial charge is 0.254 e. The summed E-state index contributed by atoms with van der Waals surface area (Å²) in [5.41, 5.74) is 0.985. The third-order valence-electron chi connectivity index (χ3n) is 4.70. The van der Waals surface area contributed by atoms with E-state index in [9.17, 15) is 4.79 Å². The number of pyridine rings is 1. The molecule has 20 heavy (non-hydrogen) atoms. The van der Waals surface area contributed by atoms with E-state index in [1.54, 1.807) is 13.2 Å². The fourth-order valence-corrected chi connectivity index (χ4v) is 3.75. The summed E-state index contributed by atoms with van der Waals surface area (Å²) in [5, 5.41) is 2.70. The molecule has 0 aromatic carbocycles. The summed E-state index contributed by atoms with van der Waals surface area (Å²) in [6, 6.07) is 3.67. The Morgan fingerprint density at radius 3 is 2.95 bits per heavy atom. The van der Waals surface area contributed by atoms with Crippen molar-refractivity contribution in [1.29, 1.82) is 0 Å². The quantitative estimate of drug-likeness (QED) is 0.868. The van der Waals surface area contributed by atoms with Gasteiger partial charge < -0.3 is 15.1 Å². The van der Waals surface area contributed by atoms with Crippen molar-refractivity contribution in [3.63, 3.8) is 0 Å². The first kappa shape index (κ1) is 13.4. The number of rotatable bonds is 2. The minimum Gasteiger partial charge on any atom is -0.355 e. The number of carbonyl (C=O) groups is 1. The number of hydrogen-bond donors (Lipinski definition) is 1. The normalized spacial score (nSPS) is 29.6. The molecule has 1 aromatic heterocycles. The molecule has 5 heteroatoms. The summed E-state index contributed by atoms with van der Waals surface area (Å²) in [7, 11) is 3.85. The van der Waals surface area contributed by atoms with E-state index in [-0.39, 0.29) is 5.91 Å². The molecule has 2 aliphatic heterocycles. The van der Waals surface area contributed by atoms with Crippen molar-refractivity contribution >= 4 is 11.7 Å². The summed E-state index contributed by atoms with van der Waals surface area (Å²) in [6.07, 6.45) is 1.77. The predicted octanol–water partition coefficient (Wildman–Crippen LogP) is 0.829. The molecule has 1 amide bonds. The van der Waals surface area contributed by atoms with Crippen LogP contribution in [0.2, 0.25) is 0 Å². The van der Waals surface area contributed by atoms with Gasteiger partial charge in [-0.1, -0.05) is 6.92 Å². The summed E-state index contributed by atoms with van der Waals surface area (Å²) < 4.78 is 0. The molecular formula is C15H22N4O. The zero-order chi connectivity index (χ0) is 14.3. The van der Waals surface area contributed by atoms with Crippen LogP contribution in [0.15, 0.2) is 18.3 Å². The Bertz CT molecular complexity index is 532. The Morgan fingerprint density at radius 1 is 1.45 bits per heavy atom. The lowest BCUT2D eigenvalue weighted by Gasteiger charge is -2.25. The number of carbonyl (C=O) groups excluding carboxylic acids is 1. The molecule has 1 aromatic rings. The molecule has 3 rings (SSSR count). The van der Waals surface area contributed by atoms with Crippen LogP contribution in [0.5, 0.6) is 0 Å². The maximum absolute atomic E-state index is 12.0. The highest BCUT2D eigenvalue weighted by Crippen LogP contribution is 2.43. The molecule has 0 aliphatic carbocycles. The number of amides is 1. The van der Waals surface area contributed by atoms with Crippen molar-refractivity contribution in [2.75, 3.05) is 45.2 Å². The molecule has 0 radical (unpaired) electrons. The minimum atomic E-state index is -0.0626. The van der Waals surface area contributed by atoms with Crippen molar-refractivity contribution < 1.29 is 4.79 Å². The van der Waals surface area contributed by atoms with Crippen molar-refractivity contribution in [1.82, 2.24) is 15.2 Å². The third-order valence-corrected chi connectivity index (χ3v) is 4.70. The lowest BCUT2D eigenvalue weighted by Crippen LogP contribution is -2.32. The van der Waals surface area contributed by atoms with E-state index < -0.39 is 0 Å². The van der Waals surface area contributed by atoms with E-state index in [0.717, 1.165) is 32.0 Å². The maximum atomic E-state index is 12.0. The minimum absolute atomic E-state index is 0.0626. The first-order chi connectivity index (χ1) is 9.53. The van der Waals surface area contributed by atoms with Crippen LogP contribution in [-0.2, 0) is 0 Å². The van der Waals surface area contributed by atoms with Gasteiger partial charge >= 0.3 is 0 Å². The van der Waals surface area contributed by atoms with Gasteiger partial charge in [0.25, 0.3) is 5.91 Å². The molecule has 2 atom stereocenters. The number of anilines is 1. The SMILES string of the molecule is CNC(=O)c1cccnc1N1C[C@@H]2CN(C)C[C@]2(C)C1. The molecule has 0 spiro atoms. The average Bonchev–Trinajstić information content (AvgIpc) is 2.88. The number of nitrogens with one attached hydrogen (secondary N) is 1. The van der Waals surface area contributed by atoms with Gasteiger partial charge in [0.2, 0.25) is 0 Å². The van der Waals surface area contributed by atoms with E-state index >= 15 is 0 Å². The van der Waals surface area contributed by atoms with Crippen LogP contribution in [0, 0.1) is 11.3 Å². The predicted molar refractivity (Wildman–Crippen MR) is 78.9 cm³/mol. The first-order valence-electron chi connectivity index (χ1n) is 7.14. The van der Waals surface area contributed by atoms with Crippen LogP contribution in [0.1, 0.15) is 17.3 Å². The molecule has 2 saturated heterocycles. The second kappa shape index (κ2) is 4.74. The topological polar surface area (TPSA) is 48.5 Å². The summed E-state index contributed by atoms with van der Waals surface area (Å²) >= 11 is 0. The summed E-state index contributed by atoms with van der Waals surface area (Å²) in [5.74, 6) is 1.42. The Morgan fingerprint density at radius 2 is 2.25 bits per heavy atom. The Labute approximate surface area is 120 Å². The largest absolute Gasteiger partial charge is 0.355 e. The monoisotopic (exact) mass is 274 g/mol. The highest BCUT2D eigenvalue weighted by molar-refractivity contribution is 5.98. The van der Waals surface area contributed by atoms with Crippen molar-refractivity contribution in [3.8, 4) is 0 Å². The second-order valence-electron chi connectivity index (χ2n) is 6.38. The fourth-order valence-electron chi connectivity index (χ4n) is 3.75. The third kappa shape index (κ3) is 2.06. The van der Waals surface area contributed by atoms with Gasteiger partial charge in [-0.2, -0.15) is 0 Å². The van der Waals surface area contributed by atoms with Gasteiger partial charge in [-0.15, -0.1) is 0 Å². The van der Waals surface area contributed by atoms with Gasteiger partial charge in [0, 0.05) is 44.8 Å². The Hall–Kier alpha value is -1.62. The van der Waals surface area contributed by atoms with Gasteiger partial charge in [0.05, 0.1) is 5.56 Å². The lowest BCUT2D eigenvalue weighted by molar-refractivity contribution is 0.0963. The average molecular weight is 274 g/mol. The molecule has 5 nitrogen and oxygen atoms in total. The summed E-state index contributed by atoms with van der Waals surface area (Å²) in [4.78, 5) is 21.1. The zero-order valence-corrected chi connectivity index (χ0v) is 12.4.